The van der Waals surface area contributed by atoms with Crippen molar-refractivity contribution in [2.24, 2.45) is 0 Å². The van der Waals surface area contributed by atoms with Crippen molar-refractivity contribution in [1.82, 2.24) is 9.78 Å². The maximum Gasteiger partial charge on any atom is 0.246 e. The Labute approximate surface area is 120 Å². The number of nitrogens with zero attached hydrogens (tertiary/aromatic N) is 2. The quantitative estimate of drug-likeness (QED) is 0.943. The summed E-state index contributed by atoms with van der Waals surface area (Å²) in [5, 5.41) is 7.15. The lowest BCUT2D eigenvalue weighted by atomic mass is 10.2. The van der Waals surface area contributed by atoms with Gasteiger partial charge in [-0.15, -0.1) is 0 Å². The van der Waals surface area contributed by atoms with Crippen molar-refractivity contribution >= 4 is 27.5 Å². The van der Waals surface area contributed by atoms with Gasteiger partial charge in [0.25, 0.3) is 0 Å². The molecular weight excluding hydrogens is 306 g/mol. The Morgan fingerprint density at radius 2 is 2.05 bits per heavy atom. The number of aromatic nitrogens is 2. The highest BCUT2D eigenvalue weighted by Gasteiger charge is 2.09. The Bertz CT molecular complexity index is 619. The molecule has 2 rings (SSSR count). The summed E-state index contributed by atoms with van der Waals surface area (Å²) >= 11 is 3.44. The Balaban J connectivity index is 2.07. The van der Waals surface area contributed by atoms with E-state index in [0.717, 1.165) is 27.1 Å². The molecule has 1 aromatic carbocycles. The first-order valence-electron chi connectivity index (χ1n) is 6.03. The number of halogens is 1. The van der Waals surface area contributed by atoms with E-state index in [0.29, 0.717) is 0 Å². The number of anilines is 1. The number of aryl methyl sites for hydroxylation is 3. The summed E-state index contributed by atoms with van der Waals surface area (Å²) in [6.07, 6.45) is 0. The van der Waals surface area contributed by atoms with Crippen molar-refractivity contribution in [1.29, 1.82) is 0 Å². The largest absolute Gasteiger partial charge is 0.323 e. The molecule has 0 unspecified atom stereocenters. The van der Waals surface area contributed by atoms with Crippen LogP contribution in [-0.2, 0) is 11.3 Å². The van der Waals surface area contributed by atoms with Crippen molar-refractivity contribution in [2.45, 2.75) is 27.3 Å². The van der Waals surface area contributed by atoms with Gasteiger partial charge in [0, 0.05) is 10.2 Å². The molecule has 5 heteroatoms. The van der Waals surface area contributed by atoms with Gasteiger partial charge in [-0.25, -0.2) is 0 Å². The Morgan fingerprint density at radius 1 is 1.32 bits per heavy atom. The number of hydrogen-bond donors (Lipinski definition) is 1. The number of rotatable bonds is 3. The number of nitrogens with one attached hydrogen (secondary N) is 1. The van der Waals surface area contributed by atoms with Crippen LogP contribution in [0.4, 0.5) is 5.69 Å². The van der Waals surface area contributed by atoms with Gasteiger partial charge in [-0.3, -0.25) is 9.48 Å². The molecule has 0 saturated carbocycles. The third-order valence-corrected chi connectivity index (χ3v) is 3.45. The van der Waals surface area contributed by atoms with Gasteiger partial charge in [-0.1, -0.05) is 6.07 Å². The van der Waals surface area contributed by atoms with E-state index in [1.165, 1.54) is 0 Å². The van der Waals surface area contributed by atoms with Gasteiger partial charge in [-0.05, 0) is 60.5 Å². The zero-order valence-electron chi connectivity index (χ0n) is 11.2. The molecule has 1 aromatic heterocycles. The average Bonchev–Trinajstić information content (AvgIpc) is 2.61. The zero-order valence-corrected chi connectivity index (χ0v) is 12.8. The first kappa shape index (κ1) is 13.8. The minimum atomic E-state index is -0.0873. The molecule has 1 N–H and O–H groups in total. The van der Waals surface area contributed by atoms with E-state index >= 15 is 0 Å². The van der Waals surface area contributed by atoms with E-state index in [1.807, 2.05) is 45.0 Å². The normalized spacial score (nSPS) is 10.5. The Morgan fingerprint density at radius 3 is 2.63 bits per heavy atom. The number of amides is 1. The summed E-state index contributed by atoms with van der Waals surface area (Å²) in [4.78, 5) is 12.0. The van der Waals surface area contributed by atoms with Crippen LogP contribution in [0.15, 0.2) is 28.7 Å². The van der Waals surface area contributed by atoms with Gasteiger partial charge in [0.1, 0.15) is 6.54 Å². The summed E-state index contributed by atoms with van der Waals surface area (Å²) in [6.45, 7) is 6.08. The van der Waals surface area contributed by atoms with Crippen LogP contribution >= 0.6 is 15.9 Å². The summed E-state index contributed by atoms with van der Waals surface area (Å²) in [6, 6.07) is 7.77. The zero-order chi connectivity index (χ0) is 14.0. The van der Waals surface area contributed by atoms with Crippen molar-refractivity contribution in [3.05, 3.63) is 45.7 Å². The van der Waals surface area contributed by atoms with E-state index in [2.05, 4.69) is 26.3 Å². The first-order valence-corrected chi connectivity index (χ1v) is 6.82. The van der Waals surface area contributed by atoms with Crippen LogP contribution in [-0.4, -0.2) is 15.7 Å². The van der Waals surface area contributed by atoms with Gasteiger partial charge in [0.2, 0.25) is 5.91 Å². The fraction of sp³-hybridized carbons (Fsp3) is 0.286. The average molecular weight is 322 g/mol. The molecular formula is C14H16BrN3O. The number of carbonyl (C=O) groups excluding carboxylic acids is 1. The second kappa shape index (κ2) is 5.57. The molecule has 0 atom stereocenters. The molecule has 0 bridgehead atoms. The standard InChI is InChI=1S/C14H16BrN3O/c1-9-4-5-13(12(15)6-9)16-14(19)8-18-11(3)7-10(2)17-18/h4-7H,8H2,1-3H3,(H,16,19). The third-order valence-electron chi connectivity index (χ3n) is 2.80. The molecule has 0 fully saturated rings. The maximum absolute atomic E-state index is 12.0. The Hall–Kier alpha value is -1.62. The van der Waals surface area contributed by atoms with E-state index in [9.17, 15) is 4.79 Å². The molecule has 2 aromatic rings. The van der Waals surface area contributed by atoms with Crippen LogP contribution in [0.5, 0.6) is 0 Å². The molecule has 0 aliphatic heterocycles. The van der Waals surface area contributed by atoms with Gasteiger partial charge in [0.15, 0.2) is 0 Å². The fourth-order valence-electron chi connectivity index (χ4n) is 1.88. The molecule has 4 nitrogen and oxygen atoms in total. The summed E-state index contributed by atoms with van der Waals surface area (Å²) in [5.74, 6) is -0.0873. The smallest absolute Gasteiger partial charge is 0.246 e. The number of benzene rings is 1. The van der Waals surface area contributed by atoms with Crippen molar-refractivity contribution < 1.29 is 4.79 Å². The van der Waals surface area contributed by atoms with Crippen molar-refractivity contribution in [3.63, 3.8) is 0 Å². The molecule has 100 valence electrons. The van der Waals surface area contributed by atoms with Crippen LogP contribution in [0.2, 0.25) is 0 Å². The summed E-state index contributed by atoms with van der Waals surface area (Å²) in [7, 11) is 0. The van der Waals surface area contributed by atoms with E-state index < -0.39 is 0 Å². The SMILES string of the molecule is Cc1ccc(NC(=O)Cn2nc(C)cc2C)c(Br)c1. The molecule has 1 heterocycles. The van der Waals surface area contributed by atoms with E-state index in [1.54, 1.807) is 4.68 Å². The van der Waals surface area contributed by atoms with Crippen LogP contribution in [0.3, 0.4) is 0 Å². The minimum Gasteiger partial charge on any atom is -0.323 e. The fourth-order valence-corrected chi connectivity index (χ4v) is 2.47. The van der Waals surface area contributed by atoms with Gasteiger partial charge < -0.3 is 5.32 Å². The minimum absolute atomic E-state index is 0.0873. The topological polar surface area (TPSA) is 46.9 Å². The summed E-state index contributed by atoms with van der Waals surface area (Å²) < 4.78 is 2.58. The monoisotopic (exact) mass is 321 g/mol. The number of hydrogen-bond acceptors (Lipinski definition) is 2. The first-order chi connectivity index (χ1) is 8.95. The molecule has 19 heavy (non-hydrogen) atoms. The number of carbonyl (C=O) groups is 1. The van der Waals surface area contributed by atoms with E-state index in [4.69, 9.17) is 0 Å². The lowest BCUT2D eigenvalue weighted by Gasteiger charge is -2.09. The second-order valence-electron chi connectivity index (χ2n) is 4.62. The predicted molar refractivity (Wildman–Crippen MR) is 79.2 cm³/mol. The maximum atomic E-state index is 12.0. The molecule has 1 amide bonds. The van der Waals surface area contributed by atoms with Crippen LogP contribution in [0.25, 0.3) is 0 Å². The van der Waals surface area contributed by atoms with Crippen LogP contribution in [0, 0.1) is 20.8 Å². The summed E-state index contributed by atoms with van der Waals surface area (Å²) in [5.41, 5.74) is 3.82. The van der Waals surface area contributed by atoms with E-state index in [-0.39, 0.29) is 12.5 Å². The van der Waals surface area contributed by atoms with Crippen molar-refractivity contribution in [3.8, 4) is 0 Å². The van der Waals surface area contributed by atoms with Gasteiger partial charge >= 0.3 is 0 Å². The Kier molecular flexibility index (Phi) is 4.04. The molecule has 0 radical (unpaired) electrons. The molecule has 0 aliphatic carbocycles. The van der Waals surface area contributed by atoms with Gasteiger partial charge in [0.05, 0.1) is 11.4 Å². The third kappa shape index (κ3) is 3.44. The second-order valence-corrected chi connectivity index (χ2v) is 5.47. The molecule has 0 spiro atoms. The predicted octanol–water partition coefficient (Wildman–Crippen LogP) is 3.21. The van der Waals surface area contributed by atoms with Crippen LogP contribution < -0.4 is 5.32 Å². The van der Waals surface area contributed by atoms with Crippen molar-refractivity contribution in [2.75, 3.05) is 5.32 Å². The lowest BCUT2D eigenvalue weighted by molar-refractivity contribution is -0.116. The molecule has 0 aliphatic rings. The highest BCUT2D eigenvalue weighted by atomic mass is 79.9. The molecule has 0 saturated heterocycles. The highest BCUT2D eigenvalue weighted by Crippen LogP contribution is 2.23. The lowest BCUT2D eigenvalue weighted by Crippen LogP contribution is -2.20. The van der Waals surface area contributed by atoms with Crippen LogP contribution in [0.1, 0.15) is 17.0 Å². The highest BCUT2D eigenvalue weighted by molar-refractivity contribution is 9.10. The van der Waals surface area contributed by atoms with Gasteiger partial charge in [-0.2, -0.15) is 5.10 Å².